The van der Waals surface area contributed by atoms with Crippen molar-refractivity contribution >= 4 is 23.7 Å². The van der Waals surface area contributed by atoms with Gasteiger partial charge >= 0.3 is 5.97 Å². The van der Waals surface area contributed by atoms with Crippen LogP contribution in [0.15, 0.2) is 24.3 Å². The van der Waals surface area contributed by atoms with Crippen LogP contribution >= 0.6 is 0 Å². The molecule has 186 valence electrons. The number of hydrogen-bond acceptors (Lipinski definition) is 6. The Balaban J connectivity index is 1.46. The van der Waals surface area contributed by atoms with Gasteiger partial charge in [0.1, 0.15) is 11.8 Å². The highest BCUT2D eigenvalue weighted by molar-refractivity contribution is 5.96. The van der Waals surface area contributed by atoms with E-state index in [1.54, 1.807) is 4.90 Å². The molecule has 34 heavy (non-hydrogen) atoms. The molecule has 10 heteroatoms. The number of carboxylic acid groups (broad SMARTS) is 1. The molecule has 1 aromatic rings. The fraction of sp³-hybridized carbons (Fsp3) is 0.583. The van der Waals surface area contributed by atoms with Gasteiger partial charge in [-0.25, -0.2) is 4.79 Å². The summed E-state index contributed by atoms with van der Waals surface area (Å²) in [6, 6.07) is 4.10. The van der Waals surface area contributed by atoms with Crippen LogP contribution in [-0.2, 0) is 14.4 Å². The second-order valence-corrected chi connectivity index (χ2v) is 9.07. The van der Waals surface area contributed by atoms with Crippen LogP contribution in [0.5, 0.6) is 5.75 Å². The van der Waals surface area contributed by atoms with E-state index in [1.165, 1.54) is 24.3 Å². The smallest absolute Gasteiger partial charge is 0.328 e. The highest BCUT2D eigenvalue weighted by Crippen LogP contribution is 2.21. The first kappa shape index (κ1) is 25.5. The van der Waals surface area contributed by atoms with Gasteiger partial charge in [-0.05, 0) is 75.4 Å². The Hall–Kier alpha value is -3.14. The summed E-state index contributed by atoms with van der Waals surface area (Å²) in [4.78, 5) is 51.0. The molecule has 10 nitrogen and oxygen atoms in total. The van der Waals surface area contributed by atoms with E-state index >= 15 is 0 Å². The van der Waals surface area contributed by atoms with E-state index in [1.807, 2.05) is 0 Å². The average Bonchev–Trinajstić information content (AvgIpc) is 2.85. The van der Waals surface area contributed by atoms with Gasteiger partial charge in [0.25, 0.3) is 5.91 Å². The van der Waals surface area contributed by atoms with E-state index in [9.17, 15) is 29.4 Å². The number of nitrogens with zero attached hydrogens (tertiary/aromatic N) is 1. The lowest BCUT2D eigenvalue weighted by Gasteiger charge is -2.33. The van der Waals surface area contributed by atoms with Crippen molar-refractivity contribution in [1.29, 1.82) is 0 Å². The highest BCUT2D eigenvalue weighted by atomic mass is 16.4. The van der Waals surface area contributed by atoms with Crippen LogP contribution < -0.4 is 16.0 Å². The van der Waals surface area contributed by atoms with Crippen molar-refractivity contribution in [2.24, 2.45) is 11.8 Å². The molecule has 1 aromatic carbocycles. The minimum absolute atomic E-state index is 0.00936. The van der Waals surface area contributed by atoms with Gasteiger partial charge in [0.05, 0.1) is 5.92 Å². The summed E-state index contributed by atoms with van der Waals surface area (Å²) in [5.41, 5.74) is 0.196. The number of aliphatic carboxylic acids is 1. The average molecular weight is 475 g/mol. The van der Waals surface area contributed by atoms with Crippen molar-refractivity contribution in [3.05, 3.63) is 29.8 Å². The lowest BCUT2D eigenvalue weighted by Crippen LogP contribution is -2.51. The van der Waals surface area contributed by atoms with Gasteiger partial charge in [0, 0.05) is 31.6 Å². The summed E-state index contributed by atoms with van der Waals surface area (Å²) in [5, 5.41) is 27.1. The number of benzene rings is 1. The molecule has 5 N–H and O–H groups in total. The first-order valence-corrected chi connectivity index (χ1v) is 11.9. The number of hydrogen-bond donors (Lipinski definition) is 5. The SMILES string of the molecule is O=C(NC(CNC(=O)[C@@H]1CCCN(C(=O)CCC2CCNCC2)C1)C(=O)O)c1ccc(O)cc1. The number of carboxylic acids is 1. The number of carbonyl (C=O) groups is 4. The number of phenols is 1. The summed E-state index contributed by atoms with van der Waals surface area (Å²) in [5.74, 6) is -1.99. The molecule has 2 atom stereocenters. The Morgan fingerprint density at radius 2 is 1.79 bits per heavy atom. The Morgan fingerprint density at radius 3 is 2.47 bits per heavy atom. The third-order valence-electron chi connectivity index (χ3n) is 6.58. The van der Waals surface area contributed by atoms with Crippen molar-refractivity contribution in [1.82, 2.24) is 20.9 Å². The Bertz CT molecular complexity index is 869. The maximum Gasteiger partial charge on any atom is 0.328 e. The molecule has 0 radical (unpaired) electrons. The molecule has 0 aliphatic carbocycles. The van der Waals surface area contributed by atoms with Crippen molar-refractivity contribution in [2.75, 3.05) is 32.7 Å². The standard InChI is InChI=1S/C24H34N4O6/c29-19-6-4-17(5-7-19)23(32)27-20(24(33)34)14-26-22(31)18-2-1-13-28(15-18)21(30)8-3-16-9-11-25-12-10-16/h4-7,16,18,20,25,29H,1-3,8-15H2,(H,26,31)(H,27,32)(H,33,34)/t18-,20?/m1/s1. The number of nitrogens with one attached hydrogen (secondary N) is 3. The number of aromatic hydroxyl groups is 1. The summed E-state index contributed by atoms with van der Waals surface area (Å²) in [7, 11) is 0. The van der Waals surface area contributed by atoms with Crippen LogP contribution in [0.2, 0.25) is 0 Å². The Labute approximate surface area is 199 Å². The van der Waals surface area contributed by atoms with Gasteiger partial charge in [-0.1, -0.05) is 0 Å². The van der Waals surface area contributed by atoms with Gasteiger partial charge in [-0.2, -0.15) is 0 Å². The van der Waals surface area contributed by atoms with Gasteiger partial charge in [0.2, 0.25) is 11.8 Å². The second-order valence-electron chi connectivity index (χ2n) is 9.07. The molecule has 2 heterocycles. The molecule has 2 fully saturated rings. The monoisotopic (exact) mass is 474 g/mol. The number of carbonyl (C=O) groups excluding carboxylic acids is 3. The molecule has 0 aromatic heterocycles. The zero-order valence-electron chi connectivity index (χ0n) is 19.3. The Kier molecular flexibility index (Phi) is 9.26. The molecule has 0 spiro atoms. The molecule has 3 amide bonds. The highest BCUT2D eigenvalue weighted by Gasteiger charge is 2.30. The number of amides is 3. The zero-order valence-corrected chi connectivity index (χ0v) is 19.3. The number of rotatable bonds is 9. The van der Waals surface area contributed by atoms with Gasteiger partial charge in [-0.15, -0.1) is 0 Å². The topological polar surface area (TPSA) is 148 Å². The van der Waals surface area contributed by atoms with Crippen molar-refractivity contribution < 1.29 is 29.4 Å². The summed E-state index contributed by atoms with van der Waals surface area (Å²) < 4.78 is 0. The van der Waals surface area contributed by atoms with Crippen LogP contribution in [0.25, 0.3) is 0 Å². The lowest BCUT2D eigenvalue weighted by molar-refractivity contribution is -0.139. The molecule has 1 unspecified atom stereocenters. The molecular formula is C24H34N4O6. The second kappa shape index (κ2) is 12.4. The fourth-order valence-electron chi connectivity index (χ4n) is 4.48. The molecule has 0 saturated carbocycles. The predicted molar refractivity (Wildman–Crippen MR) is 124 cm³/mol. The van der Waals surface area contributed by atoms with Crippen molar-refractivity contribution in [3.8, 4) is 5.75 Å². The molecule has 2 aliphatic rings. The summed E-state index contributed by atoms with van der Waals surface area (Å²) in [6.45, 7) is 2.69. The molecule has 3 rings (SSSR count). The van der Waals surface area contributed by atoms with Crippen LogP contribution in [-0.4, -0.2) is 77.6 Å². The quantitative estimate of drug-likeness (QED) is 0.354. The summed E-state index contributed by atoms with van der Waals surface area (Å²) >= 11 is 0. The van der Waals surface area contributed by atoms with Gasteiger partial charge in [0.15, 0.2) is 0 Å². The minimum atomic E-state index is -1.31. The third-order valence-corrected chi connectivity index (χ3v) is 6.58. The maximum absolute atomic E-state index is 12.7. The first-order chi connectivity index (χ1) is 16.3. The first-order valence-electron chi connectivity index (χ1n) is 11.9. The van der Waals surface area contributed by atoms with Crippen molar-refractivity contribution in [3.63, 3.8) is 0 Å². The molecule has 0 bridgehead atoms. The molecule has 2 saturated heterocycles. The largest absolute Gasteiger partial charge is 0.508 e. The Morgan fingerprint density at radius 1 is 1.09 bits per heavy atom. The van der Waals surface area contributed by atoms with Crippen LogP contribution in [0.3, 0.4) is 0 Å². The van der Waals surface area contributed by atoms with Crippen LogP contribution in [0.4, 0.5) is 0 Å². The van der Waals surface area contributed by atoms with E-state index in [2.05, 4.69) is 16.0 Å². The normalized spacial score (nSPS) is 19.8. The number of phenolic OH excluding ortho intramolecular Hbond substituents is 1. The van der Waals surface area contributed by atoms with Crippen LogP contribution in [0.1, 0.15) is 48.9 Å². The minimum Gasteiger partial charge on any atom is -0.508 e. The van der Waals surface area contributed by atoms with E-state index < -0.39 is 23.8 Å². The molecular weight excluding hydrogens is 440 g/mol. The molecule has 2 aliphatic heterocycles. The van der Waals surface area contributed by atoms with Gasteiger partial charge in [-0.3, -0.25) is 14.4 Å². The van der Waals surface area contributed by atoms with Gasteiger partial charge < -0.3 is 31.1 Å². The van der Waals surface area contributed by atoms with E-state index in [0.29, 0.717) is 31.8 Å². The number of piperidine rings is 2. The predicted octanol–water partition coefficient (Wildman–Crippen LogP) is 0.710. The maximum atomic E-state index is 12.7. The third kappa shape index (κ3) is 7.44. The van der Waals surface area contributed by atoms with E-state index in [4.69, 9.17) is 0 Å². The van der Waals surface area contributed by atoms with Crippen molar-refractivity contribution in [2.45, 2.75) is 44.6 Å². The summed E-state index contributed by atoms with van der Waals surface area (Å²) in [6.07, 6.45) is 4.88. The lowest BCUT2D eigenvalue weighted by atomic mass is 9.92. The van der Waals surface area contributed by atoms with Crippen LogP contribution in [0, 0.1) is 11.8 Å². The van der Waals surface area contributed by atoms with E-state index in [-0.39, 0.29) is 29.7 Å². The zero-order chi connectivity index (χ0) is 24.5. The fourth-order valence-corrected chi connectivity index (χ4v) is 4.48. The van der Waals surface area contributed by atoms with E-state index in [0.717, 1.165) is 38.8 Å². The number of likely N-dealkylation sites (tertiary alicyclic amines) is 1.